The first-order valence-electron chi connectivity index (χ1n) is 17.0. The highest BCUT2D eigenvalue weighted by molar-refractivity contribution is 5.23. The highest BCUT2D eigenvalue weighted by Gasteiger charge is 2.15. The molecule has 0 aromatic rings. The Kier molecular flexibility index (Phi) is 22.8. The Labute approximate surface area is 247 Å². The molecule has 0 spiro atoms. The van der Waals surface area contributed by atoms with Crippen LogP contribution in [0, 0.1) is 5.92 Å². The van der Waals surface area contributed by atoms with E-state index >= 15 is 0 Å². The van der Waals surface area contributed by atoms with Crippen molar-refractivity contribution in [1.29, 1.82) is 0 Å². The SMILES string of the molecule is C1=CC(CN2CCCNCCNCCCNCC2)CCC=C1CN1CCCNCCNCCCCNCC1.CC. The molecule has 1 aliphatic carbocycles. The lowest BCUT2D eigenvalue weighted by Crippen LogP contribution is -2.38. The average molecular weight is 563 g/mol. The van der Waals surface area contributed by atoms with Crippen molar-refractivity contribution in [2.24, 2.45) is 5.92 Å². The third-order valence-electron chi connectivity index (χ3n) is 7.91. The first-order valence-corrected chi connectivity index (χ1v) is 17.0. The summed E-state index contributed by atoms with van der Waals surface area (Å²) in [5, 5.41) is 21.6. The van der Waals surface area contributed by atoms with Crippen LogP contribution >= 0.6 is 0 Å². The summed E-state index contributed by atoms with van der Waals surface area (Å²) in [4.78, 5) is 5.37. The molecule has 0 amide bonds. The molecule has 1 unspecified atom stereocenters. The average Bonchev–Trinajstić information content (AvgIpc) is 3.20. The summed E-state index contributed by atoms with van der Waals surface area (Å²) in [6, 6.07) is 0. The van der Waals surface area contributed by atoms with Crippen LogP contribution in [-0.4, -0.2) is 128 Å². The van der Waals surface area contributed by atoms with Crippen molar-refractivity contribution in [3.8, 4) is 0 Å². The van der Waals surface area contributed by atoms with Crippen molar-refractivity contribution in [3.63, 3.8) is 0 Å². The van der Waals surface area contributed by atoms with Crippen LogP contribution in [0.2, 0.25) is 0 Å². The molecule has 2 heterocycles. The minimum absolute atomic E-state index is 0.655. The first kappa shape index (κ1) is 35.4. The number of nitrogens with one attached hydrogen (secondary N) is 6. The molecule has 0 saturated carbocycles. The Morgan fingerprint density at radius 2 is 1.07 bits per heavy atom. The Balaban J connectivity index is 0.00000274. The fourth-order valence-corrected chi connectivity index (χ4v) is 5.60. The second kappa shape index (κ2) is 25.8. The minimum Gasteiger partial charge on any atom is -0.315 e. The van der Waals surface area contributed by atoms with E-state index in [1.807, 2.05) is 13.8 Å². The fourth-order valence-electron chi connectivity index (χ4n) is 5.60. The van der Waals surface area contributed by atoms with Gasteiger partial charge < -0.3 is 36.8 Å². The molecule has 2 saturated heterocycles. The molecule has 3 aliphatic rings. The summed E-state index contributed by atoms with van der Waals surface area (Å²) in [6.45, 7) is 24.2. The van der Waals surface area contributed by atoms with Gasteiger partial charge in [-0.3, -0.25) is 4.90 Å². The fraction of sp³-hybridized carbons (Fsp3) is 0.875. The second-order valence-electron chi connectivity index (χ2n) is 11.3. The van der Waals surface area contributed by atoms with Gasteiger partial charge in [0, 0.05) is 65.4 Å². The van der Waals surface area contributed by atoms with Gasteiger partial charge >= 0.3 is 0 Å². The van der Waals surface area contributed by atoms with Crippen molar-refractivity contribution in [3.05, 3.63) is 23.8 Å². The van der Waals surface area contributed by atoms with E-state index in [1.54, 1.807) is 0 Å². The Hall–Kier alpha value is -0.840. The van der Waals surface area contributed by atoms with E-state index in [-0.39, 0.29) is 0 Å². The molecule has 1 atom stereocenters. The van der Waals surface area contributed by atoms with E-state index in [0.717, 1.165) is 98.2 Å². The molecule has 8 nitrogen and oxygen atoms in total. The number of rotatable bonds is 4. The van der Waals surface area contributed by atoms with E-state index in [9.17, 15) is 0 Å². The second-order valence-corrected chi connectivity index (χ2v) is 11.3. The van der Waals surface area contributed by atoms with E-state index < -0.39 is 0 Å². The number of hydrogen-bond acceptors (Lipinski definition) is 8. The minimum atomic E-state index is 0.655. The first-order chi connectivity index (χ1) is 19.9. The highest BCUT2D eigenvalue weighted by atomic mass is 15.1. The van der Waals surface area contributed by atoms with E-state index in [2.05, 4.69) is 59.9 Å². The molecule has 234 valence electrons. The number of hydrogen-bond donors (Lipinski definition) is 6. The highest BCUT2D eigenvalue weighted by Crippen LogP contribution is 2.19. The zero-order valence-corrected chi connectivity index (χ0v) is 26.4. The molecule has 2 aliphatic heterocycles. The zero-order chi connectivity index (χ0) is 28.4. The third kappa shape index (κ3) is 18.6. The van der Waals surface area contributed by atoms with E-state index in [4.69, 9.17) is 0 Å². The molecule has 0 bridgehead atoms. The van der Waals surface area contributed by atoms with E-state index in [0.29, 0.717) is 5.92 Å². The summed E-state index contributed by atoms with van der Waals surface area (Å²) >= 11 is 0. The van der Waals surface area contributed by atoms with Crippen molar-refractivity contribution < 1.29 is 0 Å². The van der Waals surface area contributed by atoms with Crippen LogP contribution in [0.5, 0.6) is 0 Å². The smallest absolute Gasteiger partial charge is 0.0231 e. The molecular weight excluding hydrogens is 496 g/mol. The van der Waals surface area contributed by atoms with Gasteiger partial charge in [0.25, 0.3) is 0 Å². The predicted molar refractivity (Wildman–Crippen MR) is 174 cm³/mol. The maximum absolute atomic E-state index is 3.68. The lowest BCUT2D eigenvalue weighted by atomic mass is 10.0. The van der Waals surface area contributed by atoms with Gasteiger partial charge in [-0.25, -0.2) is 0 Å². The molecule has 2 fully saturated rings. The monoisotopic (exact) mass is 563 g/mol. The summed E-state index contributed by atoms with van der Waals surface area (Å²) in [5.74, 6) is 0.655. The van der Waals surface area contributed by atoms with Crippen LogP contribution < -0.4 is 31.9 Å². The maximum atomic E-state index is 3.68. The predicted octanol–water partition coefficient (Wildman–Crippen LogP) is 2.02. The standard InChI is InChI=1S/C30H60N8.C2H6/c1-2-12-35-21-25-37(23-5-15-33-19-17-31-11-1)27-29-7-3-8-30(10-9-29)28-38-24-6-16-34-20-18-32-13-4-14-36-22-26-38;1-2/h7,9-10,30-36H,1-6,8,11-28H2;1-2H3. The Bertz CT molecular complexity index is 596. The Morgan fingerprint density at radius 3 is 1.70 bits per heavy atom. The Morgan fingerprint density at radius 1 is 0.575 bits per heavy atom. The van der Waals surface area contributed by atoms with Gasteiger partial charge in [0.15, 0.2) is 0 Å². The van der Waals surface area contributed by atoms with Crippen LogP contribution in [0.3, 0.4) is 0 Å². The molecular formula is C32H66N8. The molecule has 6 N–H and O–H groups in total. The van der Waals surface area contributed by atoms with Crippen LogP contribution in [0.25, 0.3) is 0 Å². The van der Waals surface area contributed by atoms with Crippen molar-refractivity contribution >= 4 is 0 Å². The number of nitrogens with zero attached hydrogens (tertiary/aromatic N) is 2. The summed E-state index contributed by atoms with van der Waals surface area (Å²) in [7, 11) is 0. The topological polar surface area (TPSA) is 78.7 Å². The number of allylic oxidation sites excluding steroid dienone is 1. The largest absolute Gasteiger partial charge is 0.315 e. The molecule has 3 rings (SSSR count). The van der Waals surface area contributed by atoms with Gasteiger partial charge in [-0.1, -0.05) is 32.1 Å². The quantitative estimate of drug-likeness (QED) is 0.311. The van der Waals surface area contributed by atoms with Crippen molar-refractivity contribution in [2.45, 2.75) is 58.8 Å². The molecule has 8 heteroatoms. The van der Waals surface area contributed by atoms with Gasteiger partial charge in [-0.15, -0.1) is 0 Å². The third-order valence-corrected chi connectivity index (χ3v) is 7.91. The zero-order valence-electron chi connectivity index (χ0n) is 26.4. The molecule has 0 radical (unpaired) electrons. The lowest BCUT2D eigenvalue weighted by Gasteiger charge is -2.26. The lowest BCUT2D eigenvalue weighted by molar-refractivity contribution is 0.239. The van der Waals surface area contributed by atoms with Gasteiger partial charge in [0.05, 0.1) is 0 Å². The van der Waals surface area contributed by atoms with Gasteiger partial charge in [-0.2, -0.15) is 0 Å². The summed E-state index contributed by atoms with van der Waals surface area (Å²) in [6.07, 6.45) is 16.2. The van der Waals surface area contributed by atoms with Crippen LogP contribution in [-0.2, 0) is 0 Å². The van der Waals surface area contributed by atoms with Crippen LogP contribution in [0.15, 0.2) is 23.8 Å². The van der Waals surface area contributed by atoms with Crippen molar-refractivity contribution in [1.82, 2.24) is 41.7 Å². The van der Waals surface area contributed by atoms with E-state index in [1.165, 1.54) is 70.2 Å². The molecule has 0 aromatic carbocycles. The van der Waals surface area contributed by atoms with Crippen molar-refractivity contribution in [2.75, 3.05) is 118 Å². The molecule has 0 aromatic heterocycles. The summed E-state index contributed by atoms with van der Waals surface area (Å²) in [5.41, 5.74) is 1.52. The normalized spacial score (nSPS) is 25.6. The summed E-state index contributed by atoms with van der Waals surface area (Å²) < 4.78 is 0. The molecule has 40 heavy (non-hydrogen) atoms. The van der Waals surface area contributed by atoms with Gasteiger partial charge in [0.2, 0.25) is 0 Å². The van der Waals surface area contributed by atoms with Crippen LogP contribution in [0.1, 0.15) is 58.8 Å². The van der Waals surface area contributed by atoms with Crippen LogP contribution in [0.4, 0.5) is 0 Å². The van der Waals surface area contributed by atoms with Gasteiger partial charge in [-0.05, 0) is 109 Å². The van der Waals surface area contributed by atoms with Gasteiger partial charge in [0.1, 0.15) is 0 Å². The maximum Gasteiger partial charge on any atom is 0.0231 e.